The first kappa shape index (κ1) is 18.9. The summed E-state index contributed by atoms with van der Waals surface area (Å²) in [4.78, 5) is 25.3. The Bertz CT molecular complexity index is 937. The molecule has 3 rings (SSSR count). The first-order valence-electron chi connectivity index (χ1n) is 8.49. The van der Waals surface area contributed by atoms with Crippen LogP contribution < -0.4 is 10.2 Å². The predicted molar refractivity (Wildman–Crippen MR) is 102 cm³/mol. The Morgan fingerprint density at radius 2 is 1.78 bits per heavy atom. The number of benzene rings is 2. The molecule has 0 aliphatic carbocycles. The number of anilines is 2. The van der Waals surface area contributed by atoms with E-state index < -0.39 is 15.9 Å². The van der Waals surface area contributed by atoms with E-state index in [9.17, 15) is 18.0 Å². The average Bonchev–Trinajstić information content (AvgIpc) is 3.07. The summed E-state index contributed by atoms with van der Waals surface area (Å²) in [5.74, 6) is -0.654. The molecule has 7 nitrogen and oxygen atoms in total. The van der Waals surface area contributed by atoms with Gasteiger partial charge >= 0.3 is 6.09 Å². The first-order valence-corrected chi connectivity index (χ1v) is 10.1. The average molecular weight is 388 g/mol. The van der Waals surface area contributed by atoms with Gasteiger partial charge in [-0.15, -0.1) is 0 Å². The number of rotatable bonds is 6. The zero-order chi connectivity index (χ0) is 19.4. The second kappa shape index (κ2) is 7.79. The fourth-order valence-electron chi connectivity index (χ4n) is 2.67. The van der Waals surface area contributed by atoms with E-state index >= 15 is 0 Å². The number of sulfone groups is 1. The zero-order valence-electron chi connectivity index (χ0n) is 14.8. The molecule has 2 amide bonds. The number of hydrogen-bond acceptors (Lipinski definition) is 5. The van der Waals surface area contributed by atoms with Crippen molar-refractivity contribution >= 4 is 33.2 Å². The molecule has 1 saturated heterocycles. The van der Waals surface area contributed by atoms with Gasteiger partial charge < -0.3 is 10.1 Å². The molecule has 0 bridgehead atoms. The Morgan fingerprint density at radius 1 is 1.11 bits per heavy atom. The molecule has 0 aromatic heterocycles. The molecule has 142 valence electrons. The number of ether oxygens (including phenoxy) is 1. The largest absolute Gasteiger partial charge is 0.447 e. The van der Waals surface area contributed by atoms with Crippen molar-refractivity contribution < 1.29 is 22.7 Å². The van der Waals surface area contributed by atoms with Crippen LogP contribution in [0.4, 0.5) is 16.2 Å². The van der Waals surface area contributed by atoms with E-state index in [-0.39, 0.29) is 23.0 Å². The van der Waals surface area contributed by atoms with Crippen LogP contribution >= 0.6 is 0 Å². The molecule has 0 atom stereocenters. The van der Waals surface area contributed by atoms with Crippen molar-refractivity contribution in [3.8, 4) is 0 Å². The van der Waals surface area contributed by atoms with Gasteiger partial charge in [-0.2, -0.15) is 0 Å². The molecule has 0 spiro atoms. The highest BCUT2D eigenvalue weighted by Crippen LogP contribution is 2.21. The Hall–Kier alpha value is -2.87. The molecule has 8 heteroatoms. The van der Waals surface area contributed by atoms with Crippen LogP contribution in [0.2, 0.25) is 0 Å². The maximum absolute atomic E-state index is 12.3. The van der Waals surface area contributed by atoms with Crippen LogP contribution in [0.5, 0.6) is 0 Å². The van der Waals surface area contributed by atoms with Crippen molar-refractivity contribution in [2.45, 2.75) is 18.2 Å². The van der Waals surface area contributed by atoms with E-state index in [0.717, 1.165) is 5.56 Å². The number of carbonyl (C=O) groups excluding carboxylic acids is 2. The van der Waals surface area contributed by atoms with E-state index in [1.54, 1.807) is 48.5 Å². The third kappa shape index (κ3) is 4.65. The van der Waals surface area contributed by atoms with Gasteiger partial charge in [-0.05, 0) is 43.3 Å². The number of aryl methyl sites for hydroxylation is 1. The SMILES string of the molecule is Cc1ccc(S(=O)(=O)CCC(=O)Nc2ccc(N3CCOC3=O)cc2)cc1. The van der Waals surface area contributed by atoms with E-state index in [4.69, 9.17) is 4.74 Å². The number of nitrogens with one attached hydrogen (secondary N) is 1. The van der Waals surface area contributed by atoms with Gasteiger partial charge in [0.1, 0.15) is 6.61 Å². The highest BCUT2D eigenvalue weighted by molar-refractivity contribution is 7.91. The van der Waals surface area contributed by atoms with Crippen LogP contribution in [0.15, 0.2) is 53.4 Å². The van der Waals surface area contributed by atoms with Crippen molar-refractivity contribution in [2.24, 2.45) is 0 Å². The van der Waals surface area contributed by atoms with Crippen LogP contribution in [0.3, 0.4) is 0 Å². The van der Waals surface area contributed by atoms with Gasteiger partial charge in [0.15, 0.2) is 9.84 Å². The Balaban J connectivity index is 1.56. The molecular weight excluding hydrogens is 368 g/mol. The fourth-order valence-corrected chi connectivity index (χ4v) is 3.91. The molecular formula is C19H20N2O5S. The first-order chi connectivity index (χ1) is 12.8. The van der Waals surface area contributed by atoms with Gasteiger partial charge in [0.25, 0.3) is 0 Å². The Labute approximate surface area is 157 Å². The van der Waals surface area contributed by atoms with Crippen molar-refractivity contribution in [1.29, 1.82) is 0 Å². The summed E-state index contributed by atoms with van der Waals surface area (Å²) in [5, 5.41) is 2.67. The molecule has 0 radical (unpaired) electrons. The number of amides is 2. The molecule has 1 heterocycles. The molecule has 0 unspecified atom stereocenters. The lowest BCUT2D eigenvalue weighted by Crippen LogP contribution is -2.23. The summed E-state index contributed by atoms with van der Waals surface area (Å²) in [5.41, 5.74) is 2.18. The van der Waals surface area contributed by atoms with E-state index in [1.165, 1.54) is 4.90 Å². The summed E-state index contributed by atoms with van der Waals surface area (Å²) in [6.45, 7) is 2.72. The van der Waals surface area contributed by atoms with Crippen LogP contribution in [-0.4, -0.2) is 39.3 Å². The van der Waals surface area contributed by atoms with E-state index in [2.05, 4.69) is 5.32 Å². The summed E-state index contributed by atoms with van der Waals surface area (Å²) >= 11 is 0. The lowest BCUT2D eigenvalue weighted by atomic mass is 10.2. The number of cyclic esters (lactones) is 1. The second-order valence-corrected chi connectivity index (χ2v) is 8.35. The summed E-state index contributed by atoms with van der Waals surface area (Å²) < 4.78 is 29.5. The maximum Gasteiger partial charge on any atom is 0.414 e. The normalized spacial score (nSPS) is 14.1. The van der Waals surface area contributed by atoms with Gasteiger partial charge in [0.05, 0.1) is 17.2 Å². The quantitative estimate of drug-likeness (QED) is 0.821. The summed E-state index contributed by atoms with van der Waals surface area (Å²) in [6, 6.07) is 13.3. The summed E-state index contributed by atoms with van der Waals surface area (Å²) in [7, 11) is -3.51. The third-order valence-electron chi connectivity index (χ3n) is 4.20. The van der Waals surface area contributed by atoms with E-state index in [1.807, 2.05) is 6.92 Å². The number of carbonyl (C=O) groups is 2. The lowest BCUT2D eigenvalue weighted by molar-refractivity contribution is -0.115. The predicted octanol–water partition coefficient (Wildman–Crippen LogP) is 2.75. The molecule has 27 heavy (non-hydrogen) atoms. The highest BCUT2D eigenvalue weighted by atomic mass is 32.2. The van der Waals surface area contributed by atoms with Crippen LogP contribution in [0.1, 0.15) is 12.0 Å². The zero-order valence-corrected chi connectivity index (χ0v) is 15.7. The van der Waals surface area contributed by atoms with Gasteiger partial charge in [-0.25, -0.2) is 13.2 Å². The van der Waals surface area contributed by atoms with Crippen LogP contribution in [0, 0.1) is 6.92 Å². The topological polar surface area (TPSA) is 92.8 Å². The van der Waals surface area contributed by atoms with E-state index in [0.29, 0.717) is 24.5 Å². The molecule has 1 aliphatic rings. The minimum absolute atomic E-state index is 0.142. The Kier molecular flexibility index (Phi) is 5.46. The second-order valence-electron chi connectivity index (χ2n) is 6.24. The van der Waals surface area contributed by atoms with Gasteiger partial charge in [-0.3, -0.25) is 9.69 Å². The van der Waals surface area contributed by atoms with Crippen molar-refractivity contribution in [2.75, 3.05) is 29.1 Å². The van der Waals surface area contributed by atoms with Crippen LogP contribution in [0.25, 0.3) is 0 Å². The van der Waals surface area contributed by atoms with Crippen LogP contribution in [-0.2, 0) is 19.4 Å². The van der Waals surface area contributed by atoms with Crippen molar-refractivity contribution in [3.05, 3.63) is 54.1 Å². The Morgan fingerprint density at radius 3 is 2.37 bits per heavy atom. The van der Waals surface area contributed by atoms with Gasteiger partial charge in [0.2, 0.25) is 5.91 Å². The number of hydrogen-bond donors (Lipinski definition) is 1. The lowest BCUT2D eigenvalue weighted by Gasteiger charge is -2.13. The standard InChI is InChI=1S/C19H20N2O5S/c1-14-2-8-17(9-3-14)27(24,25)13-10-18(22)20-15-4-6-16(7-5-15)21-11-12-26-19(21)23/h2-9H,10-13H2,1H3,(H,20,22). The highest BCUT2D eigenvalue weighted by Gasteiger charge is 2.23. The minimum Gasteiger partial charge on any atom is -0.447 e. The smallest absolute Gasteiger partial charge is 0.414 e. The maximum atomic E-state index is 12.3. The molecule has 2 aromatic carbocycles. The summed E-state index contributed by atoms with van der Waals surface area (Å²) in [6.07, 6.45) is -0.538. The monoisotopic (exact) mass is 388 g/mol. The minimum atomic E-state index is -3.51. The molecule has 2 aromatic rings. The van der Waals surface area contributed by atoms with Crippen molar-refractivity contribution in [3.63, 3.8) is 0 Å². The number of nitrogens with zero attached hydrogens (tertiary/aromatic N) is 1. The molecule has 1 fully saturated rings. The third-order valence-corrected chi connectivity index (χ3v) is 5.93. The fraction of sp³-hybridized carbons (Fsp3) is 0.263. The van der Waals surface area contributed by atoms with Gasteiger partial charge in [-0.1, -0.05) is 17.7 Å². The van der Waals surface area contributed by atoms with Crippen molar-refractivity contribution in [1.82, 2.24) is 0 Å². The molecule has 1 N–H and O–H groups in total. The molecule has 0 saturated carbocycles. The van der Waals surface area contributed by atoms with Gasteiger partial charge in [0, 0.05) is 17.8 Å². The molecule has 1 aliphatic heterocycles.